The Bertz CT molecular complexity index is 655. The number of hydrogen-bond donors (Lipinski definition) is 1. The average Bonchev–Trinajstić information content (AvgIpc) is 2.73. The van der Waals surface area contributed by atoms with E-state index in [2.05, 4.69) is 9.71 Å². The van der Waals surface area contributed by atoms with Crippen molar-refractivity contribution in [1.29, 1.82) is 0 Å². The Morgan fingerprint density at radius 1 is 1.28 bits per heavy atom. The molecule has 0 aliphatic carbocycles. The maximum Gasteiger partial charge on any atom is 0.243 e. The molecule has 2 rings (SSSR count). The maximum atomic E-state index is 12.0. The molecule has 4 nitrogen and oxygen atoms in total. The topological polar surface area (TPSA) is 59.1 Å². The van der Waals surface area contributed by atoms with E-state index in [1.165, 1.54) is 29.8 Å². The molecular weight excluding hydrogens is 315 g/mol. The lowest BCUT2D eigenvalue weighted by Crippen LogP contribution is -2.23. The third kappa shape index (κ3) is 3.21. The van der Waals surface area contributed by atoms with Crippen molar-refractivity contribution in [3.05, 3.63) is 44.8 Å². The molecule has 0 spiro atoms. The minimum Gasteiger partial charge on any atom is -0.263 e. The van der Waals surface area contributed by atoms with Crippen LogP contribution in [-0.2, 0) is 16.6 Å². The molecule has 1 N–H and O–H groups in total. The van der Waals surface area contributed by atoms with E-state index in [1.54, 1.807) is 12.1 Å². The first-order valence-electron chi connectivity index (χ1n) is 4.82. The average molecular weight is 323 g/mol. The van der Waals surface area contributed by atoms with Gasteiger partial charge < -0.3 is 0 Å². The summed E-state index contributed by atoms with van der Waals surface area (Å²) in [6.07, 6.45) is 2.65. The minimum absolute atomic E-state index is 0.0330. The molecule has 0 fully saturated rings. The van der Waals surface area contributed by atoms with Crippen LogP contribution < -0.4 is 4.72 Å². The molecule has 0 atom stereocenters. The van der Waals surface area contributed by atoms with Crippen molar-refractivity contribution in [2.45, 2.75) is 11.4 Å². The molecule has 0 saturated carbocycles. The molecule has 0 aliphatic heterocycles. The van der Waals surface area contributed by atoms with Gasteiger partial charge in [-0.05, 0) is 18.2 Å². The van der Waals surface area contributed by atoms with Gasteiger partial charge in [0.25, 0.3) is 0 Å². The van der Waals surface area contributed by atoms with Crippen LogP contribution in [0.3, 0.4) is 0 Å². The zero-order chi connectivity index (χ0) is 13.2. The van der Waals surface area contributed by atoms with Gasteiger partial charge in [-0.3, -0.25) is 4.98 Å². The molecule has 0 unspecified atom stereocenters. The van der Waals surface area contributed by atoms with E-state index < -0.39 is 10.0 Å². The fourth-order valence-electron chi connectivity index (χ4n) is 1.25. The van der Waals surface area contributed by atoms with Gasteiger partial charge in [0, 0.05) is 23.8 Å². The smallest absolute Gasteiger partial charge is 0.243 e. The summed E-state index contributed by atoms with van der Waals surface area (Å²) >= 11 is 12.9. The molecule has 0 aromatic carbocycles. The first kappa shape index (κ1) is 13.8. The van der Waals surface area contributed by atoms with E-state index in [-0.39, 0.29) is 16.5 Å². The van der Waals surface area contributed by atoms with Crippen molar-refractivity contribution in [2.24, 2.45) is 0 Å². The van der Waals surface area contributed by atoms with Gasteiger partial charge in [-0.1, -0.05) is 23.2 Å². The number of nitrogens with zero attached hydrogens (tertiary/aromatic N) is 1. The van der Waals surface area contributed by atoms with Crippen LogP contribution >= 0.6 is 34.5 Å². The Kier molecular flexibility index (Phi) is 4.24. The highest BCUT2D eigenvalue weighted by Crippen LogP contribution is 2.23. The van der Waals surface area contributed by atoms with Crippen molar-refractivity contribution in [3.8, 4) is 0 Å². The lowest BCUT2D eigenvalue weighted by molar-refractivity contribution is 0.581. The Hall–Kier alpha value is -0.660. The second kappa shape index (κ2) is 5.54. The van der Waals surface area contributed by atoms with Gasteiger partial charge in [-0.15, -0.1) is 11.3 Å². The van der Waals surface area contributed by atoms with Crippen molar-refractivity contribution >= 4 is 44.6 Å². The zero-order valence-corrected chi connectivity index (χ0v) is 12.1. The molecule has 18 heavy (non-hydrogen) atoms. The fourth-order valence-corrected chi connectivity index (χ4v) is 3.81. The van der Waals surface area contributed by atoms with E-state index in [0.29, 0.717) is 4.34 Å². The number of thiophene rings is 1. The molecule has 2 heterocycles. The Morgan fingerprint density at radius 3 is 2.67 bits per heavy atom. The first-order valence-corrected chi connectivity index (χ1v) is 7.88. The second-order valence-electron chi connectivity index (χ2n) is 3.34. The van der Waals surface area contributed by atoms with Crippen LogP contribution in [0.1, 0.15) is 4.88 Å². The lowest BCUT2D eigenvalue weighted by Gasteiger charge is -2.06. The number of hydrogen-bond acceptors (Lipinski definition) is 4. The van der Waals surface area contributed by atoms with Crippen LogP contribution in [0.4, 0.5) is 0 Å². The zero-order valence-electron chi connectivity index (χ0n) is 8.93. The molecule has 0 radical (unpaired) electrons. The van der Waals surface area contributed by atoms with Gasteiger partial charge in [0.2, 0.25) is 10.0 Å². The summed E-state index contributed by atoms with van der Waals surface area (Å²) in [5.74, 6) is 0. The first-order chi connectivity index (χ1) is 8.49. The molecule has 8 heteroatoms. The van der Waals surface area contributed by atoms with Gasteiger partial charge in [-0.2, -0.15) is 0 Å². The molecule has 0 aliphatic rings. The Labute approximate surface area is 119 Å². The van der Waals surface area contributed by atoms with Crippen LogP contribution in [-0.4, -0.2) is 13.4 Å². The Morgan fingerprint density at radius 2 is 2.06 bits per heavy atom. The third-order valence-corrected chi connectivity index (χ3v) is 5.19. The normalized spacial score (nSPS) is 11.7. The van der Waals surface area contributed by atoms with E-state index >= 15 is 0 Å². The van der Waals surface area contributed by atoms with Crippen LogP contribution in [0.15, 0.2) is 35.5 Å². The lowest BCUT2D eigenvalue weighted by atomic mass is 10.5. The van der Waals surface area contributed by atoms with Crippen molar-refractivity contribution in [1.82, 2.24) is 9.71 Å². The van der Waals surface area contributed by atoms with Crippen molar-refractivity contribution in [2.75, 3.05) is 0 Å². The third-order valence-electron chi connectivity index (χ3n) is 2.09. The van der Waals surface area contributed by atoms with E-state index in [0.717, 1.165) is 4.88 Å². The molecular formula is C10H8Cl2N2O2S2. The highest BCUT2D eigenvalue weighted by Gasteiger charge is 2.17. The van der Waals surface area contributed by atoms with Crippen LogP contribution in [0.25, 0.3) is 0 Å². The summed E-state index contributed by atoms with van der Waals surface area (Å²) in [6.45, 7) is 0.172. The quantitative estimate of drug-likeness (QED) is 0.941. The SMILES string of the molecule is O=S(=O)(NCc1ccc(Cl)s1)c1cnccc1Cl. The largest absolute Gasteiger partial charge is 0.263 e. The summed E-state index contributed by atoms with van der Waals surface area (Å²) in [5, 5.41) is 0.140. The standard InChI is InChI=1S/C10H8Cl2N2O2S2/c11-8-3-4-13-6-9(8)18(15,16)14-5-7-1-2-10(12)17-7/h1-4,6,14H,5H2. The molecule has 0 saturated heterocycles. The minimum atomic E-state index is -3.66. The second-order valence-corrected chi connectivity index (χ2v) is 7.28. The molecule has 2 aromatic rings. The molecule has 0 amide bonds. The van der Waals surface area contributed by atoms with E-state index in [9.17, 15) is 8.42 Å². The number of sulfonamides is 1. The molecule has 2 aromatic heterocycles. The van der Waals surface area contributed by atoms with Gasteiger partial charge in [0.1, 0.15) is 4.90 Å². The van der Waals surface area contributed by atoms with E-state index in [4.69, 9.17) is 23.2 Å². The predicted molar refractivity (Wildman–Crippen MR) is 72.6 cm³/mol. The maximum absolute atomic E-state index is 12.0. The summed E-state index contributed by atoms with van der Waals surface area (Å²) in [6, 6.07) is 4.91. The van der Waals surface area contributed by atoms with E-state index in [1.807, 2.05) is 0 Å². The van der Waals surface area contributed by atoms with Gasteiger partial charge in [0.15, 0.2) is 0 Å². The monoisotopic (exact) mass is 322 g/mol. The number of nitrogens with one attached hydrogen (secondary N) is 1. The summed E-state index contributed by atoms with van der Waals surface area (Å²) < 4.78 is 27.0. The summed E-state index contributed by atoms with van der Waals surface area (Å²) in [5.41, 5.74) is 0. The molecule has 0 bridgehead atoms. The van der Waals surface area contributed by atoms with Crippen molar-refractivity contribution in [3.63, 3.8) is 0 Å². The summed E-state index contributed by atoms with van der Waals surface area (Å²) in [4.78, 5) is 4.54. The van der Waals surface area contributed by atoms with Gasteiger partial charge in [0.05, 0.1) is 9.36 Å². The van der Waals surface area contributed by atoms with Crippen LogP contribution in [0.5, 0.6) is 0 Å². The van der Waals surface area contributed by atoms with Gasteiger partial charge in [-0.25, -0.2) is 13.1 Å². The van der Waals surface area contributed by atoms with Crippen LogP contribution in [0, 0.1) is 0 Å². The number of rotatable bonds is 4. The Balaban J connectivity index is 2.16. The highest BCUT2D eigenvalue weighted by molar-refractivity contribution is 7.89. The fraction of sp³-hybridized carbons (Fsp3) is 0.100. The van der Waals surface area contributed by atoms with Crippen molar-refractivity contribution < 1.29 is 8.42 Å². The highest BCUT2D eigenvalue weighted by atomic mass is 35.5. The predicted octanol–water partition coefficient (Wildman–Crippen LogP) is 2.93. The summed E-state index contributed by atoms with van der Waals surface area (Å²) in [7, 11) is -3.66. The number of halogens is 2. The van der Waals surface area contributed by atoms with Gasteiger partial charge >= 0.3 is 0 Å². The molecule has 96 valence electrons. The van der Waals surface area contributed by atoms with Crippen LogP contribution in [0.2, 0.25) is 9.36 Å². The number of pyridine rings is 1. The number of aromatic nitrogens is 1.